The molecule has 1 fully saturated rings. The lowest BCUT2D eigenvalue weighted by Gasteiger charge is -2.38. The van der Waals surface area contributed by atoms with Crippen molar-refractivity contribution in [3.63, 3.8) is 0 Å². The number of nitrogens with one attached hydrogen (secondary N) is 2. The molecular weight excluding hydrogens is 522 g/mol. The van der Waals surface area contributed by atoms with Gasteiger partial charge < -0.3 is 19.9 Å². The molecule has 1 aliphatic heterocycles. The molecule has 0 unspecified atom stereocenters. The number of halogens is 2. The average Bonchev–Trinajstić information content (AvgIpc) is 3.26. The zero-order valence-electron chi connectivity index (χ0n) is 19.3. The summed E-state index contributed by atoms with van der Waals surface area (Å²) in [7, 11) is 0. The largest absolute Gasteiger partial charge is 0.381 e. The highest BCUT2D eigenvalue weighted by Gasteiger charge is 2.34. The minimum Gasteiger partial charge on any atom is -0.381 e. The van der Waals surface area contributed by atoms with Gasteiger partial charge in [0.15, 0.2) is 11.7 Å². The maximum absolute atomic E-state index is 13.5. The Morgan fingerprint density at radius 1 is 1.12 bits per heavy atom. The zero-order chi connectivity index (χ0) is 22.1. The predicted octanol–water partition coefficient (Wildman–Crippen LogP) is 5.14. The third-order valence-corrected chi connectivity index (χ3v) is 6.22. The van der Waals surface area contributed by atoms with E-state index < -0.39 is 0 Å². The van der Waals surface area contributed by atoms with Gasteiger partial charge in [0, 0.05) is 43.7 Å². The van der Waals surface area contributed by atoms with Crippen LogP contribution in [0.4, 0.5) is 4.39 Å². The van der Waals surface area contributed by atoms with Crippen molar-refractivity contribution in [2.45, 2.75) is 64.3 Å². The van der Waals surface area contributed by atoms with Crippen LogP contribution in [0.15, 0.2) is 39.8 Å². The highest BCUT2D eigenvalue weighted by atomic mass is 127. The lowest BCUT2D eigenvalue weighted by Crippen LogP contribution is -2.48. The van der Waals surface area contributed by atoms with Crippen molar-refractivity contribution in [2.75, 3.05) is 26.3 Å². The molecule has 0 amide bonds. The fourth-order valence-electron chi connectivity index (χ4n) is 4.19. The highest BCUT2D eigenvalue weighted by Crippen LogP contribution is 2.34. The Kier molecular flexibility index (Phi) is 10.9. The fourth-order valence-corrected chi connectivity index (χ4v) is 4.19. The molecule has 178 valence electrons. The van der Waals surface area contributed by atoms with E-state index in [2.05, 4.69) is 29.6 Å². The van der Waals surface area contributed by atoms with E-state index >= 15 is 0 Å². The molecule has 1 saturated heterocycles. The van der Waals surface area contributed by atoms with Crippen LogP contribution in [0.25, 0.3) is 0 Å². The number of guanidine groups is 1. The quantitative estimate of drug-likeness (QED) is 0.254. The van der Waals surface area contributed by atoms with Crippen LogP contribution in [0, 0.1) is 5.82 Å². The number of aromatic nitrogens is 1. The number of hydrogen-bond donors (Lipinski definition) is 2. The van der Waals surface area contributed by atoms with Gasteiger partial charge in [-0.2, -0.15) is 0 Å². The Bertz CT molecular complexity index is 831. The molecule has 0 saturated carbocycles. The summed E-state index contributed by atoms with van der Waals surface area (Å²) >= 11 is 0. The van der Waals surface area contributed by atoms with E-state index in [0.717, 1.165) is 55.2 Å². The molecule has 0 atom stereocenters. The monoisotopic (exact) mass is 558 g/mol. The van der Waals surface area contributed by atoms with Gasteiger partial charge in [-0.3, -0.25) is 0 Å². The molecule has 0 radical (unpaired) electrons. The minimum atomic E-state index is -0.214. The second kappa shape index (κ2) is 13.1. The van der Waals surface area contributed by atoms with Gasteiger partial charge in [-0.1, -0.05) is 31.1 Å². The average molecular weight is 558 g/mol. The number of benzene rings is 1. The maximum Gasteiger partial charge on any atom is 0.191 e. The summed E-state index contributed by atoms with van der Waals surface area (Å²) in [6.45, 7) is 9.66. The van der Waals surface area contributed by atoms with Gasteiger partial charge >= 0.3 is 0 Å². The van der Waals surface area contributed by atoms with Crippen LogP contribution in [0.2, 0.25) is 0 Å². The summed E-state index contributed by atoms with van der Waals surface area (Å²) < 4.78 is 24.6. The van der Waals surface area contributed by atoms with Crippen LogP contribution in [-0.2, 0) is 16.7 Å². The van der Waals surface area contributed by atoms with Crippen molar-refractivity contribution in [2.24, 2.45) is 4.99 Å². The van der Waals surface area contributed by atoms with Crippen LogP contribution in [-0.4, -0.2) is 37.4 Å². The van der Waals surface area contributed by atoms with Gasteiger partial charge in [0.2, 0.25) is 0 Å². The van der Waals surface area contributed by atoms with Gasteiger partial charge in [0.1, 0.15) is 12.4 Å². The van der Waals surface area contributed by atoms with Gasteiger partial charge in [0.05, 0.1) is 5.69 Å². The maximum atomic E-state index is 13.5. The first-order chi connectivity index (χ1) is 15.1. The molecule has 1 aromatic carbocycles. The van der Waals surface area contributed by atoms with Gasteiger partial charge in [-0.05, 0) is 50.3 Å². The number of aliphatic imine (C=N–C) groups is 1. The summed E-state index contributed by atoms with van der Waals surface area (Å²) in [6.07, 6.45) is 3.86. The van der Waals surface area contributed by atoms with Crippen molar-refractivity contribution in [3.05, 3.63) is 53.2 Å². The number of ether oxygens (including phenoxy) is 1. The zero-order valence-corrected chi connectivity index (χ0v) is 21.7. The second-order valence-electron chi connectivity index (χ2n) is 8.18. The first kappa shape index (κ1) is 26.6. The molecular formula is C24H36FIN4O2. The van der Waals surface area contributed by atoms with E-state index in [-0.39, 0.29) is 35.2 Å². The minimum absolute atomic E-state index is 0. The fraction of sp³-hybridized carbons (Fsp3) is 0.583. The smallest absolute Gasteiger partial charge is 0.191 e. The molecule has 6 nitrogen and oxygen atoms in total. The lowest BCUT2D eigenvalue weighted by molar-refractivity contribution is 0.0513. The van der Waals surface area contributed by atoms with E-state index in [9.17, 15) is 4.39 Å². The van der Waals surface area contributed by atoms with Crippen molar-refractivity contribution in [3.8, 4) is 0 Å². The van der Waals surface area contributed by atoms with E-state index in [1.807, 2.05) is 25.1 Å². The van der Waals surface area contributed by atoms with Crippen molar-refractivity contribution < 1.29 is 13.7 Å². The topological polar surface area (TPSA) is 71.7 Å². The van der Waals surface area contributed by atoms with E-state index in [1.165, 1.54) is 12.1 Å². The summed E-state index contributed by atoms with van der Waals surface area (Å²) in [5.41, 5.74) is 2.02. The van der Waals surface area contributed by atoms with Crippen LogP contribution in [0.3, 0.4) is 0 Å². The lowest BCUT2D eigenvalue weighted by atomic mass is 9.74. The molecule has 8 heteroatoms. The number of nitrogens with zero attached hydrogens (tertiary/aromatic N) is 2. The third-order valence-electron chi connectivity index (χ3n) is 6.22. The highest BCUT2D eigenvalue weighted by molar-refractivity contribution is 14.0. The van der Waals surface area contributed by atoms with E-state index in [0.29, 0.717) is 32.2 Å². The standard InChI is InChI=1S/C24H35FN4O2.HI/c1-4-18(5-2)22-15-21(31-29-22)16-27-23(26-6-3)28-17-24(11-13-30-14-12-24)19-7-9-20(25)10-8-19;/h7-10,15,18H,4-6,11-14,16-17H2,1-3H3,(H2,26,27,28);1H. The molecule has 1 aromatic heterocycles. The molecule has 32 heavy (non-hydrogen) atoms. The third kappa shape index (κ3) is 6.91. The van der Waals surface area contributed by atoms with Crippen molar-refractivity contribution >= 4 is 29.9 Å². The molecule has 0 bridgehead atoms. The predicted molar refractivity (Wildman–Crippen MR) is 136 cm³/mol. The summed E-state index contributed by atoms with van der Waals surface area (Å²) in [5.74, 6) is 1.71. The first-order valence-electron chi connectivity index (χ1n) is 11.4. The Hall–Kier alpha value is -1.68. The first-order valence-corrected chi connectivity index (χ1v) is 11.4. The molecule has 1 aliphatic rings. The van der Waals surface area contributed by atoms with Crippen LogP contribution < -0.4 is 10.6 Å². The van der Waals surface area contributed by atoms with Gasteiger partial charge in [-0.15, -0.1) is 24.0 Å². The molecule has 2 N–H and O–H groups in total. The number of hydrogen-bond acceptors (Lipinski definition) is 4. The molecule has 0 spiro atoms. The normalized spacial score (nSPS) is 16.0. The van der Waals surface area contributed by atoms with Crippen LogP contribution >= 0.6 is 24.0 Å². The molecule has 2 aromatic rings. The van der Waals surface area contributed by atoms with Gasteiger partial charge in [0.25, 0.3) is 0 Å². The Morgan fingerprint density at radius 3 is 2.44 bits per heavy atom. The van der Waals surface area contributed by atoms with Crippen LogP contribution in [0.1, 0.15) is 69.4 Å². The molecule has 0 aliphatic carbocycles. The number of rotatable bonds is 9. The SMILES string of the molecule is CCNC(=NCc1cc(C(CC)CC)no1)NCC1(c2ccc(F)cc2)CCOCC1.I. The molecule has 2 heterocycles. The second-order valence-corrected chi connectivity index (χ2v) is 8.18. The Balaban J connectivity index is 0.00000363. The van der Waals surface area contributed by atoms with Gasteiger partial charge in [-0.25, -0.2) is 9.38 Å². The van der Waals surface area contributed by atoms with Crippen molar-refractivity contribution in [1.82, 2.24) is 15.8 Å². The van der Waals surface area contributed by atoms with Crippen molar-refractivity contribution in [1.29, 1.82) is 0 Å². The van der Waals surface area contributed by atoms with E-state index in [1.54, 1.807) is 0 Å². The summed E-state index contributed by atoms with van der Waals surface area (Å²) in [6, 6.07) is 8.87. The molecule has 3 rings (SSSR count). The Morgan fingerprint density at radius 2 is 1.81 bits per heavy atom. The summed E-state index contributed by atoms with van der Waals surface area (Å²) in [4.78, 5) is 4.70. The van der Waals surface area contributed by atoms with Crippen LogP contribution in [0.5, 0.6) is 0 Å². The van der Waals surface area contributed by atoms with E-state index in [4.69, 9.17) is 14.3 Å². The Labute approximate surface area is 207 Å². The summed E-state index contributed by atoms with van der Waals surface area (Å²) in [5, 5.41) is 11.0.